The van der Waals surface area contributed by atoms with Gasteiger partial charge in [-0.05, 0) is 66.9 Å². The van der Waals surface area contributed by atoms with Crippen LogP contribution in [0.5, 0.6) is 5.75 Å². The predicted octanol–water partition coefficient (Wildman–Crippen LogP) is 3.08. The largest absolute Gasteiger partial charge is 0.493 e. The molecule has 1 unspecified atom stereocenters. The van der Waals surface area contributed by atoms with E-state index in [0.717, 1.165) is 36.4 Å². The second-order valence-electron chi connectivity index (χ2n) is 6.21. The second-order valence-corrected chi connectivity index (χ2v) is 6.21. The number of rotatable bonds is 2. The van der Waals surface area contributed by atoms with Crippen molar-refractivity contribution in [2.24, 2.45) is 0 Å². The van der Waals surface area contributed by atoms with E-state index in [0.29, 0.717) is 18.2 Å². The molecule has 0 aliphatic carbocycles. The molecule has 118 valence electrons. The van der Waals surface area contributed by atoms with Gasteiger partial charge in [-0.2, -0.15) is 0 Å². The van der Waals surface area contributed by atoms with E-state index in [2.05, 4.69) is 29.7 Å². The maximum Gasteiger partial charge on any atom is 0.255 e. The monoisotopic (exact) mass is 308 g/mol. The molecule has 0 saturated carbocycles. The molecule has 23 heavy (non-hydrogen) atoms. The number of amides is 1. The number of benzene rings is 2. The fourth-order valence-corrected chi connectivity index (χ4v) is 3.37. The van der Waals surface area contributed by atoms with Crippen LogP contribution < -0.4 is 15.4 Å². The van der Waals surface area contributed by atoms with Gasteiger partial charge in [0.2, 0.25) is 0 Å². The van der Waals surface area contributed by atoms with E-state index in [1.54, 1.807) is 0 Å². The van der Waals surface area contributed by atoms with E-state index >= 15 is 0 Å². The number of carbonyl (C=O) groups excluding carboxylic acids is 1. The second kappa shape index (κ2) is 5.70. The van der Waals surface area contributed by atoms with Gasteiger partial charge >= 0.3 is 0 Å². The minimum atomic E-state index is -0.0731. The molecular weight excluding hydrogens is 288 g/mol. The summed E-state index contributed by atoms with van der Waals surface area (Å²) in [5.41, 5.74) is 5.28. The van der Waals surface area contributed by atoms with Crippen LogP contribution >= 0.6 is 0 Å². The number of fused-ring (bicyclic) bond motifs is 2. The van der Waals surface area contributed by atoms with Crippen LogP contribution in [0.3, 0.4) is 0 Å². The Labute approximate surface area is 135 Å². The molecule has 4 rings (SSSR count). The fraction of sp³-hybridized carbons (Fsp3) is 0.316. The molecule has 1 amide bonds. The molecule has 0 spiro atoms. The summed E-state index contributed by atoms with van der Waals surface area (Å²) in [6.07, 6.45) is 1.91. The minimum absolute atomic E-state index is 0.0731. The van der Waals surface area contributed by atoms with Gasteiger partial charge in [-0.15, -0.1) is 0 Å². The summed E-state index contributed by atoms with van der Waals surface area (Å²) in [6.45, 7) is 3.87. The molecule has 2 aliphatic rings. The van der Waals surface area contributed by atoms with Crippen LogP contribution in [-0.4, -0.2) is 19.1 Å². The first-order valence-electron chi connectivity index (χ1n) is 8.14. The van der Waals surface area contributed by atoms with Gasteiger partial charge in [0.25, 0.3) is 5.91 Å². The van der Waals surface area contributed by atoms with Crippen molar-refractivity contribution in [3.8, 4) is 5.75 Å². The molecule has 0 radical (unpaired) electrons. The number of hydrogen-bond acceptors (Lipinski definition) is 3. The molecule has 1 atom stereocenters. The van der Waals surface area contributed by atoms with Crippen molar-refractivity contribution >= 4 is 11.6 Å². The van der Waals surface area contributed by atoms with E-state index in [1.807, 2.05) is 24.3 Å². The number of anilines is 1. The molecule has 0 fully saturated rings. The van der Waals surface area contributed by atoms with E-state index in [9.17, 15) is 4.79 Å². The summed E-state index contributed by atoms with van der Waals surface area (Å²) in [5, 5.41) is 6.46. The van der Waals surface area contributed by atoms with Crippen LogP contribution in [0.25, 0.3) is 0 Å². The third-order valence-electron chi connectivity index (χ3n) is 4.67. The van der Waals surface area contributed by atoms with Crippen LogP contribution in [0.15, 0.2) is 36.4 Å². The minimum Gasteiger partial charge on any atom is -0.493 e. The molecule has 4 heteroatoms. The first kappa shape index (κ1) is 14.3. The molecule has 2 aromatic rings. The molecule has 2 heterocycles. The zero-order valence-electron chi connectivity index (χ0n) is 13.2. The first-order chi connectivity index (χ1) is 11.2. The molecule has 2 aliphatic heterocycles. The van der Waals surface area contributed by atoms with Gasteiger partial charge in [-0.25, -0.2) is 0 Å². The molecule has 2 aromatic carbocycles. The van der Waals surface area contributed by atoms with Crippen LogP contribution in [0.2, 0.25) is 0 Å². The highest BCUT2D eigenvalue weighted by atomic mass is 16.5. The Morgan fingerprint density at radius 1 is 1.17 bits per heavy atom. The Morgan fingerprint density at radius 2 is 2.09 bits per heavy atom. The van der Waals surface area contributed by atoms with Crippen molar-refractivity contribution in [2.75, 3.05) is 18.5 Å². The Morgan fingerprint density at radius 3 is 3.00 bits per heavy atom. The van der Waals surface area contributed by atoms with Crippen molar-refractivity contribution in [2.45, 2.75) is 25.8 Å². The lowest BCUT2D eigenvalue weighted by atomic mass is 9.95. The average Bonchev–Trinajstić information content (AvgIpc) is 3.03. The Kier molecular flexibility index (Phi) is 3.54. The summed E-state index contributed by atoms with van der Waals surface area (Å²) in [6, 6.07) is 12.2. The molecule has 0 aromatic heterocycles. The van der Waals surface area contributed by atoms with E-state index in [4.69, 9.17) is 4.74 Å². The molecule has 2 N–H and O–H groups in total. The topological polar surface area (TPSA) is 50.4 Å². The third kappa shape index (κ3) is 2.70. The average molecular weight is 308 g/mol. The highest BCUT2D eigenvalue weighted by Gasteiger charge is 2.18. The number of hydrogen-bond donors (Lipinski definition) is 2. The predicted molar refractivity (Wildman–Crippen MR) is 90.2 cm³/mol. The number of nitrogens with one attached hydrogen (secondary N) is 2. The van der Waals surface area contributed by atoms with E-state index in [1.165, 1.54) is 11.1 Å². The Balaban J connectivity index is 1.56. The summed E-state index contributed by atoms with van der Waals surface area (Å²) in [4.78, 5) is 12.5. The zero-order valence-corrected chi connectivity index (χ0v) is 13.2. The number of carbonyl (C=O) groups is 1. The lowest BCUT2D eigenvalue weighted by Crippen LogP contribution is -2.27. The van der Waals surface area contributed by atoms with Crippen molar-refractivity contribution in [1.82, 2.24) is 5.32 Å². The zero-order chi connectivity index (χ0) is 15.8. The van der Waals surface area contributed by atoms with Crippen molar-refractivity contribution in [1.29, 1.82) is 0 Å². The standard InChI is InChI=1S/C19H20N2O2/c1-12-17-11-16(4-2-13(17)6-8-20-12)21-19(22)15-3-5-18-14(10-15)7-9-23-18/h2-5,10-12,20H,6-9H2,1H3,(H,21,22). The van der Waals surface area contributed by atoms with Gasteiger partial charge < -0.3 is 15.4 Å². The van der Waals surface area contributed by atoms with E-state index < -0.39 is 0 Å². The Hall–Kier alpha value is -2.33. The van der Waals surface area contributed by atoms with Crippen molar-refractivity contribution in [3.05, 3.63) is 58.7 Å². The van der Waals surface area contributed by atoms with Crippen molar-refractivity contribution < 1.29 is 9.53 Å². The summed E-state index contributed by atoms with van der Waals surface area (Å²) < 4.78 is 5.49. The maximum absolute atomic E-state index is 12.5. The van der Waals surface area contributed by atoms with Crippen LogP contribution in [0.4, 0.5) is 5.69 Å². The van der Waals surface area contributed by atoms with Crippen LogP contribution in [0, 0.1) is 0 Å². The van der Waals surface area contributed by atoms with Gasteiger partial charge in [0.1, 0.15) is 5.75 Å². The SMILES string of the molecule is CC1NCCc2ccc(NC(=O)c3ccc4c(c3)CCO4)cc21. The molecular formula is C19H20N2O2. The molecule has 0 bridgehead atoms. The summed E-state index contributed by atoms with van der Waals surface area (Å²) in [5.74, 6) is 0.825. The van der Waals surface area contributed by atoms with Crippen LogP contribution in [-0.2, 0) is 12.8 Å². The normalized spacial score (nSPS) is 18.7. The van der Waals surface area contributed by atoms with Crippen molar-refractivity contribution in [3.63, 3.8) is 0 Å². The van der Waals surface area contributed by atoms with Gasteiger partial charge in [-0.1, -0.05) is 6.07 Å². The smallest absolute Gasteiger partial charge is 0.255 e. The van der Waals surface area contributed by atoms with E-state index in [-0.39, 0.29) is 5.91 Å². The Bertz CT molecular complexity index is 770. The lowest BCUT2D eigenvalue weighted by Gasteiger charge is -2.24. The summed E-state index contributed by atoms with van der Waals surface area (Å²) in [7, 11) is 0. The lowest BCUT2D eigenvalue weighted by molar-refractivity contribution is 0.102. The highest BCUT2D eigenvalue weighted by Crippen LogP contribution is 2.28. The quantitative estimate of drug-likeness (QED) is 0.896. The van der Waals surface area contributed by atoms with Gasteiger partial charge in [0, 0.05) is 23.7 Å². The molecule has 4 nitrogen and oxygen atoms in total. The van der Waals surface area contributed by atoms with Crippen LogP contribution in [0.1, 0.15) is 40.0 Å². The summed E-state index contributed by atoms with van der Waals surface area (Å²) >= 11 is 0. The maximum atomic E-state index is 12.5. The number of ether oxygens (including phenoxy) is 1. The highest BCUT2D eigenvalue weighted by molar-refractivity contribution is 6.04. The fourth-order valence-electron chi connectivity index (χ4n) is 3.37. The first-order valence-corrected chi connectivity index (χ1v) is 8.14. The van der Waals surface area contributed by atoms with Gasteiger partial charge in [0.05, 0.1) is 6.61 Å². The third-order valence-corrected chi connectivity index (χ3v) is 4.67. The van der Waals surface area contributed by atoms with Gasteiger partial charge in [0.15, 0.2) is 0 Å². The molecule has 0 saturated heterocycles. The van der Waals surface area contributed by atoms with Gasteiger partial charge in [-0.3, -0.25) is 4.79 Å².